The molecule has 0 aliphatic rings. The number of benzene rings is 3. The Balaban J connectivity index is 1.48. The van der Waals surface area contributed by atoms with E-state index < -0.39 is 15.9 Å². The van der Waals surface area contributed by atoms with Gasteiger partial charge in [0.1, 0.15) is 0 Å². The van der Waals surface area contributed by atoms with Crippen LogP contribution in [0, 0.1) is 0 Å². The molecule has 0 fully saturated rings. The molecule has 3 N–H and O–H groups in total. The molecule has 0 saturated carbocycles. The number of anilines is 2. The molecule has 11 nitrogen and oxygen atoms in total. The molecule has 13 heteroatoms. The van der Waals surface area contributed by atoms with Crippen LogP contribution in [0.15, 0.2) is 80.6 Å². The van der Waals surface area contributed by atoms with Gasteiger partial charge < -0.3 is 9.84 Å². The lowest BCUT2D eigenvalue weighted by Gasteiger charge is -2.09. The van der Waals surface area contributed by atoms with Crippen LogP contribution >= 0.6 is 15.9 Å². The molecule has 0 saturated heterocycles. The van der Waals surface area contributed by atoms with Crippen molar-refractivity contribution in [3.05, 3.63) is 76.9 Å². The van der Waals surface area contributed by atoms with E-state index in [2.05, 4.69) is 51.7 Å². The lowest BCUT2D eigenvalue weighted by atomic mass is 10.1. The molecule has 34 heavy (non-hydrogen) atoms. The zero-order chi connectivity index (χ0) is 23.7. The van der Waals surface area contributed by atoms with Crippen molar-refractivity contribution in [2.24, 2.45) is 0 Å². The van der Waals surface area contributed by atoms with Gasteiger partial charge in [-0.2, -0.15) is 0 Å². The van der Waals surface area contributed by atoms with Gasteiger partial charge >= 0.3 is 0 Å². The maximum Gasteiger partial charge on any atom is 0.278 e. The number of halogens is 1. The van der Waals surface area contributed by atoms with Crippen molar-refractivity contribution in [1.29, 1.82) is 0 Å². The number of nitrogens with one attached hydrogen (secondary N) is 3. The van der Waals surface area contributed by atoms with E-state index in [-0.39, 0.29) is 21.6 Å². The molecule has 5 rings (SSSR count). The Kier molecular flexibility index (Phi) is 5.55. The SMILES string of the molecule is O=C(Nc1ccc(Br)cc1-c1nnn[nH]1)c1noc2ccc(S(=O)(=O)Nc3ccccc3)cc12. The Labute approximate surface area is 200 Å². The smallest absolute Gasteiger partial charge is 0.278 e. The van der Waals surface area contributed by atoms with Crippen LogP contribution in [0.2, 0.25) is 0 Å². The summed E-state index contributed by atoms with van der Waals surface area (Å²) in [5.41, 5.74) is 1.56. The van der Waals surface area contributed by atoms with Gasteiger partial charge in [0.2, 0.25) is 0 Å². The molecule has 0 aliphatic carbocycles. The molecule has 3 aromatic carbocycles. The fraction of sp³-hybridized carbons (Fsp3) is 0. The van der Waals surface area contributed by atoms with Crippen molar-refractivity contribution in [3.63, 3.8) is 0 Å². The van der Waals surface area contributed by atoms with Gasteiger partial charge in [-0.05, 0) is 59.0 Å². The monoisotopic (exact) mass is 539 g/mol. The number of hydrogen-bond acceptors (Lipinski definition) is 8. The third-order valence-corrected chi connectivity index (χ3v) is 6.70. The summed E-state index contributed by atoms with van der Waals surface area (Å²) in [6.07, 6.45) is 0. The predicted molar refractivity (Wildman–Crippen MR) is 127 cm³/mol. The zero-order valence-electron chi connectivity index (χ0n) is 17.1. The van der Waals surface area contributed by atoms with Gasteiger partial charge in [0.15, 0.2) is 17.1 Å². The first-order valence-corrected chi connectivity index (χ1v) is 12.0. The molecule has 2 aromatic heterocycles. The molecular weight excluding hydrogens is 526 g/mol. The molecule has 1 amide bonds. The Bertz CT molecular complexity index is 1600. The van der Waals surface area contributed by atoms with Crippen LogP contribution in [0.4, 0.5) is 11.4 Å². The van der Waals surface area contributed by atoms with E-state index >= 15 is 0 Å². The summed E-state index contributed by atoms with van der Waals surface area (Å²) in [6.45, 7) is 0. The van der Waals surface area contributed by atoms with E-state index in [1.54, 1.807) is 48.5 Å². The number of hydrogen-bond donors (Lipinski definition) is 3. The average Bonchev–Trinajstić information content (AvgIpc) is 3.50. The highest BCUT2D eigenvalue weighted by atomic mass is 79.9. The van der Waals surface area contributed by atoms with Crippen molar-refractivity contribution in [2.45, 2.75) is 4.90 Å². The Morgan fingerprint density at radius 1 is 1.03 bits per heavy atom. The van der Waals surface area contributed by atoms with Crippen LogP contribution < -0.4 is 10.0 Å². The van der Waals surface area contributed by atoms with Gasteiger partial charge in [-0.3, -0.25) is 9.52 Å². The van der Waals surface area contributed by atoms with Crippen LogP contribution in [0.1, 0.15) is 10.5 Å². The van der Waals surface area contributed by atoms with Gasteiger partial charge in [-0.15, -0.1) is 5.10 Å². The normalized spacial score (nSPS) is 11.4. The molecule has 5 aromatic rings. The molecule has 0 bridgehead atoms. The summed E-state index contributed by atoms with van der Waals surface area (Å²) >= 11 is 3.38. The summed E-state index contributed by atoms with van der Waals surface area (Å²) in [5, 5.41) is 20.5. The van der Waals surface area contributed by atoms with Crippen LogP contribution in [0.25, 0.3) is 22.4 Å². The number of carbonyl (C=O) groups is 1. The van der Waals surface area contributed by atoms with Gasteiger partial charge in [-0.25, -0.2) is 13.5 Å². The van der Waals surface area contributed by atoms with E-state index in [0.29, 0.717) is 22.8 Å². The summed E-state index contributed by atoms with van der Waals surface area (Å²) in [4.78, 5) is 13.0. The summed E-state index contributed by atoms with van der Waals surface area (Å²) in [5.74, 6) is -0.248. The molecule has 0 aliphatic heterocycles. The van der Waals surface area contributed by atoms with Crippen molar-refractivity contribution in [2.75, 3.05) is 10.0 Å². The number of carbonyl (C=O) groups excluding carboxylic acids is 1. The number of amides is 1. The minimum Gasteiger partial charge on any atom is -0.355 e. The van der Waals surface area contributed by atoms with Crippen molar-refractivity contribution >= 4 is 54.2 Å². The van der Waals surface area contributed by atoms with Crippen molar-refractivity contribution in [3.8, 4) is 11.4 Å². The Morgan fingerprint density at radius 3 is 2.62 bits per heavy atom. The maximum atomic E-state index is 13.1. The molecular formula is C21H14BrN7O4S. The predicted octanol–water partition coefficient (Wildman–Crippen LogP) is 3.82. The quantitative estimate of drug-likeness (QED) is 0.294. The number of rotatable bonds is 6. The Morgan fingerprint density at radius 2 is 1.85 bits per heavy atom. The lowest BCUT2D eigenvalue weighted by molar-refractivity contribution is 0.102. The number of fused-ring (bicyclic) bond motifs is 1. The molecule has 0 spiro atoms. The molecule has 0 atom stereocenters. The molecule has 0 unspecified atom stereocenters. The fourth-order valence-corrected chi connectivity index (χ4v) is 4.69. The number of tetrazole rings is 1. The third kappa shape index (κ3) is 4.25. The first kappa shape index (κ1) is 21.7. The third-order valence-electron chi connectivity index (χ3n) is 4.82. The van der Waals surface area contributed by atoms with Crippen molar-refractivity contribution in [1.82, 2.24) is 25.8 Å². The Hall–Kier alpha value is -4.10. The highest BCUT2D eigenvalue weighted by molar-refractivity contribution is 9.10. The van der Waals surface area contributed by atoms with Gasteiger partial charge in [0.25, 0.3) is 15.9 Å². The number of sulfonamides is 1. The number of aromatic amines is 1. The van der Waals surface area contributed by atoms with Crippen LogP contribution in [0.5, 0.6) is 0 Å². The van der Waals surface area contributed by atoms with Gasteiger partial charge in [-0.1, -0.05) is 39.3 Å². The molecule has 170 valence electrons. The van der Waals surface area contributed by atoms with E-state index in [9.17, 15) is 13.2 Å². The highest BCUT2D eigenvalue weighted by Gasteiger charge is 2.22. The van der Waals surface area contributed by atoms with Crippen molar-refractivity contribution < 1.29 is 17.7 Å². The minimum atomic E-state index is -3.91. The zero-order valence-corrected chi connectivity index (χ0v) is 19.5. The highest BCUT2D eigenvalue weighted by Crippen LogP contribution is 2.30. The van der Waals surface area contributed by atoms with Gasteiger partial charge in [0.05, 0.1) is 16.0 Å². The standard InChI is InChI=1S/C21H14BrN7O4S/c22-12-6-8-17(15(10-12)20-24-28-29-25-20)23-21(30)19-16-11-14(7-9-18(16)33-26-19)34(31,32)27-13-4-2-1-3-5-13/h1-11,27H,(H,23,30)(H,24,25,28,29). The fourth-order valence-electron chi connectivity index (χ4n) is 3.25. The maximum absolute atomic E-state index is 13.1. The molecule has 0 radical (unpaired) electrons. The second kappa shape index (κ2) is 8.68. The molecule has 2 heterocycles. The van der Waals surface area contributed by atoms with E-state index in [0.717, 1.165) is 4.47 Å². The van der Waals surface area contributed by atoms with Crippen LogP contribution in [-0.4, -0.2) is 40.1 Å². The van der Waals surface area contributed by atoms with E-state index in [1.807, 2.05) is 0 Å². The summed E-state index contributed by atoms with van der Waals surface area (Å²) < 4.78 is 34.2. The number of para-hydroxylation sites is 1. The van der Waals surface area contributed by atoms with E-state index in [1.165, 1.54) is 18.2 Å². The second-order valence-electron chi connectivity index (χ2n) is 7.05. The summed E-state index contributed by atoms with van der Waals surface area (Å²) in [7, 11) is -3.91. The van der Waals surface area contributed by atoms with Crippen LogP contribution in [-0.2, 0) is 10.0 Å². The first-order chi connectivity index (χ1) is 16.4. The minimum absolute atomic E-state index is 0.0434. The first-order valence-electron chi connectivity index (χ1n) is 9.73. The number of nitrogens with zero attached hydrogens (tertiary/aromatic N) is 4. The lowest BCUT2D eigenvalue weighted by Crippen LogP contribution is -2.14. The number of aromatic nitrogens is 5. The average molecular weight is 540 g/mol. The second-order valence-corrected chi connectivity index (χ2v) is 9.65. The largest absolute Gasteiger partial charge is 0.355 e. The van der Waals surface area contributed by atoms with E-state index in [4.69, 9.17) is 4.52 Å². The van der Waals surface area contributed by atoms with Gasteiger partial charge in [0, 0.05) is 15.7 Å². The number of H-pyrrole nitrogens is 1. The van der Waals surface area contributed by atoms with Crippen LogP contribution in [0.3, 0.4) is 0 Å². The topological polar surface area (TPSA) is 156 Å². The summed E-state index contributed by atoms with van der Waals surface area (Å²) in [6, 6.07) is 17.8.